The van der Waals surface area contributed by atoms with E-state index >= 15 is 0 Å². The van der Waals surface area contributed by atoms with Crippen LogP contribution in [0.1, 0.15) is 55.1 Å². The summed E-state index contributed by atoms with van der Waals surface area (Å²) in [5.41, 5.74) is 6.26. The molecule has 0 saturated heterocycles. The second kappa shape index (κ2) is 12.7. The monoisotopic (exact) mass is 626 g/mol. The topological polar surface area (TPSA) is 92.5 Å². The van der Waals surface area contributed by atoms with E-state index < -0.39 is 0 Å². The van der Waals surface area contributed by atoms with Crippen LogP contribution in [0.2, 0.25) is 0 Å². The molecule has 11 heteroatoms. The smallest absolute Gasteiger partial charge is 0.261 e. The number of rotatable bonds is 9. The maximum absolute atomic E-state index is 13.8. The molecule has 0 radical (unpaired) electrons. The van der Waals surface area contributed by atoms with Crippen molar-refractivity contribution < 1.29 is 9.59 Å². The first-order valence-electron chi connectivity index (χ1n) is 13.8. The Morgan fingerprint density at radius 3 is 2.49 bits per heavy atom. The zero-order chi connectivity index (χ0) is 29.9. The normalized spacial score (nSPS) is 14.6. The van der Waals surface area contributed by atoms with Crippen molar-refractivity contribution in [3.05, 3.63) is 115 Å². The molecule has 8 nitrogen and oxygen atoms in total. The SMILES string of the molecule is Cc1ccc([C@H]2CC(c3cccs3)=NN2C(=O)CSc2nnc(CNC(=O)c3cccs3)n2-c2cccc(C)c2C)cc1. The van der Waals surface area contributed by atoms with Gasteiger partial charge in [0.1, 0.15) is 0 Å². The number of nitrogens with one attached hydrogen (secondary N) is 1. The Hall–Kier alpha value is -4.06. The highest BCUT2D eigenvalue weighted by atomic mass is 32.2. The van der Waals surface area contributed by atoms with Crippen molar-refractivity contribution in [2.45, 2.75) is 44.9 Å². The summed E-state index contributed by atoms with van der Waals surface area (Å²) in [6.45, 7) is 6.36. The predicted octanol–water partition coefficient (Wildman–Crippen LogP) is 6.72. The van der Waals surface area contributed by atoms with Gasteiger partial charge in [-0.1, -0.05) is 65.9 Å². The molecule has 4 heterocycles. The van der Waals surface area contributed by atoms with E-state index in [1.165, 1.54) is 28.7 Å². The largest absolute Gasteiger partial charge is 0.344 e. The molecule has 1 atom stereocenters. The van der Waals surface area contributed by atoms with Crippen LogP contribution in [-0.2, 0) is 11.3 Å². The summed E-state index contributed by atoms with van der Waals surface area (Å²) in [6, 6.07) is 21.9. The molecule has 2 aromatic carbocycles. The maximum Gasteiger partial charge on any atom is 0.261 e. The van der Waals surface area contributed by atoms with E-state index in [2.05, 4.69) is 66.6 Å². The van der Waals surface area contributed by atoms with Crippen LogP contribution in [0.25, 0.3) is 5.69 Å². The summed E-state index contributed by atoms with van der Waals surface area (Å²) in [5, 5.41) is 22.8. The fourth-order valence-electron chi connectivity index (χ4n) is 4.95. The first-order valence-corrected chi connectivity index (χ1v) is 16.6. The molecule has 3 aromatic heterocycles. The van der Waals surface area contributed by atoms with Gasteiger partial charge in [-0.15, -0.1) is 32.9 Å². The number of benzene rings is 2. The predicted molar refractivity (Wildman–Crippen MR) is 173 cm³/mol. The molecule has 0 aliphatic carbocycles. The van der Waals surface area contributed by atoms with Crippen LogP contribution in [-0.4, -0.2) is 43.1 Å². The van der Waals surface area contributed by atoms with Gasteiger partial charge in [0, 0.05) is 6.42 Å². The van der Waals surface area contributed by atoms with E-state index in [1.807, 2.05) is 45.7 Å². The lowest BCUT2D eigenvalue weighted by Crippen LogP contribution is -2.28. The molecule has 0 spiro atoms. The van der Waals surface area contributed by atoms with Gasteiger partial charge in [0.15, 0.2) is 11.0 Å². The zero-order valence-electron chi connectivity index (χ0n) is 24.0. The van der Waals surface area contributed by atoms with Crippen LogP contribution >= 0.6 is 34.4 Å². The van der Waals surface area contributed by atoms with Gasteiger partial charge < -0.3 is 5.32 Å². The zero-order valence-corrected chi connectivity index (χ0v) is 26.4. The van der Waals surface area contributed by atoms with Crippen molar-refractivity contribution >= 4 is 52.0 Å². The Kier molecular flexibility index (Phi) is 8.55. The molecule has 0 unspecified atom stereocenters. The van der Waals surface area contributed by atoms with Crippen LogP contribution in [0.4, 0.5) is 0 Å². The van der Waals surface area contributed by atoms with Gasteiger partial charge >= 0.3 is 0 Å². The van der Waals surface area contributed by atoms with Crippen molar-refractivity contribution in [1.82, 2.24) is 25.1 Å². The van der Waals surface area contributed by atoms with E-state index in [-0.39, 0.29) is 30.2 Å². The summed E-state index contributed by atoms with van der Waals surface area (Å²) in [4.78, 5) is 28.2. The van der Waals surface area contributed by atoms with E-state index in [0.29, 0.717) is 22.3 Å². The number of carbonyl (C=O) groups excluding carboxylic acids is 2. The Morgan fingerprint density at radius 2 is 1.74 bits per heavy atom. The lowest BCUT2D eigenvalue weighted by atomic mass is 10.00. The summed E-state index contributed by atoms with van der Waals surface area (Å²) in [5.74, 6) is 0.453. The van der Waals surface area contributed by atoms with Crippen LogP contribution in [0.5, 0.6) is 0 Å². The van der Waals surface area contributed by atoms with Crippen LogP contribution in [0.15, 0.2) is 87.7 Å². The van der Waals surface area contributed by atoms with Crippen molar-refractivity contribution in [3.8, 4) is 5.69 Å². The van der Waals surface area contributed by atoms with Gasteiger partial charge in [-0.3, -0.25) is 14.2 Å². The summed E-state index contributed by atoms with van der Waals surface area (Å²) in [6.07, 6.45) is 0.659. The second-order valence-electron chi connectivity index (χ2n) is 10.3. The minimum Gasteiger partial charge on any atom is -0.344 e. The third-order valence-electron chi connectivity index (χ3n) is 7.43. The Bertz CT molecular complexity index is 1780. The Morgan fingerprint density at radius 1 is 0.953 bits per heavy atom. The molecule has 0 bridgehead atoms. The molecule has 1 N–H and O–H groups in total. The van der Waals surface area contributed by atoms with Crippen LogP contribution in [0, 0.1) is 20.8 Å². The van der Waals surface area contributed by atoms with E-state index in [9.17, 15) is 9.59 Å². The van der Waals surface area contributed by atoms with Gasteiger partial charge in [-0.2, -0.15) is 5.10 Å². The molecule has 43 heavy (non-hydrogen) atoms. The minimum atomic E-state index is -0.175. The number of aromatic nitrogens is 3. The molecule has 5 aromatic rings. The lowest BCUT2D eigenvalue weighted by molar-refractivity contribution is -0.130. The molecule has 218 valence electrons. The van der Waals surface area contributed by atoms with Crippen LogP contribution < -0.4 is 5.32 Å². The van der Waals surface area contributed by atoms with E-state index in [1.54, 1.807) is 22.4 Å². The number of nitrogens with zero attached hydrogens (tertiary/aromatic N) is 5. The Balaban J connectivity index is 1.26. The number of thiophene rings is 2. The van der Waals surface area contributed by atoms with Crippen LogP contribution in [0.3, 0.4) is 0 Å². The Labute approximate surface area is 262 Å². The quantitative estimate of drug-likeness (QED) is 0.184. The molecule has 0 fully saturated rings. The van der Waals surface area contributed by atoms with Crippen molar-refractivity contribution in [2.75, 3.05) is 5.75 Å². The van der Waals surface area contributed by atoms with Gasteiger partial charge in [-0.25, -0.2) is 5.01 Å². The van der Waals surface area contributed by atoms with Gasteiger partial charge in [0.25, 0.3) is 11.8 Å². The van der Waals surface area contributed by atoms with Crippen molar-refractivity contribution in [2.24, 2.45) is 5.10 Å². The number of hydrogen-bond donors (Lipinski definition) is 1. The first kappa shape index (κ1) is 29.0. The average Bonchev–Trinajstić information content (AvgIpc) is 3.83. The van der Waals surface area contributed by atoms with Crippen molar-refractivity contribution in [3.63, 3.8) is 0 Å². The summed E-state index contributed by atoms with van der Waals surface area (Å²) in [7, 11) is 0. The fourth-order valence-corrected chi connectivity index (χ4v) is 7.13. The molecule has 0 saturated carbocycles. The number of carbonyl (C=O) groups is 2. The standard InChI is InChI=1S/C32H30N6O2S3/c1-20-11-13-23(14-12-20)26-17-24(27-9-5-15-41-27)36-38(26)30(39)19-43-32-35-34-29(18-33-31(40)28-10-6-16-42-28)37(32)25-8-4-7-21(2)22(25)3/h4-16,26H,17-19H2,1-3H3,(H,33,40)/t26-/m1/s1. The summed E-state index contributed by atoms with van der Waals surface area (Å²) < 4.78 is 1.94. The molecule has 6 rings (SSSR count). The lowest BCUT2D eigenvalue weighted by Gasteiger charge is -2.22. The number of hydrogen-bond acceptors (Lipinski definition) is 8. The highest BCUT2D eigenvalue weighted by molar-refractivity contribution is 7.99. The summed E-state index contributed by atoms with van der Waals surface area (Å²) >= 11 is 4.34. The minimum absolute atomic E-state index is 0.106. The van der Waals surface area contributed by atoms with Gasteiger partial charge in [0.2, 0.25) is 0 Å². The van der Waals surface area contributed by atoms with E-state index in [4.69, 9.17) is 5.10 Å². The molecule has 1 aliphatic rings. The molecule has 1 aliphatic heterocycles. The third-order valence-corrected chi connectivity index (χ3v) is 10.1. The second-order valence-corrected chi connectivity index (χ2v) is 13.1. The average molecular weight is 627 g/mol. The van der Waals surface area contributed by atoms with Gasteiger partial charge in [-0.05, 0) is 66.4 Å². The highest BCUT2D eigenvalue weighted by Crippen LogP contribution is 2.35. The van der Waals surface area contributed by atoms with E-state index in [0.717, 1.165) is 33.0 Å². The molecular weight excluding hydrogens is 597 g/mol. The third kappa shape index (κ3) is 6.20. The number of thioether (sulfide) groups is 1. The molecule has 2 amide bonds. The maximum atomic E-state index is 13.8. The first-order chi connectivity index (χ1) is 20.9. The van der Waals surface area contributed by atoms with Crippen molar-refractivity contribution in [1.29, 1.82) is 0 Å². The highest BCUT2D eigenvalue weighted by Gasteiger charge is 2.33. The fraction of sp³-hybridized carbons (Fsp3) is 0.219. The number of amides is 2. The number of aryl methyl sites for hydroxylation is 2. The van der Waals surface area contributed by atoms with Gasteiger partial charge in [0.05, 0.1) is 39.5 Å². The number of hydrazone groups is 1. The molecular formula is C32H30N6O2S3.